The molecule has 0 radical (unpaired) electrons. The van der Waals surface area contributed by atoms with E-state index < -0.39 is 5.83 Å². The van der Waals surface area contributed by atoms with Crippen LogP contribution in [-0.2, 0) is 11.3 Å². The summed E-state index contributed by atoms with van der Waals surface area (Å²) in [7, 11) is 0. The van der Waals surface area contributed by atoms with Crippen molar-refractivity contribution in [2.75, 3.05) is 0 Å². The van der Waals surface area contributed by atoms with E-state index >= 15 is 0 Å². The maximum Gasteiger partial charge on any atom is 0.123 e. The molecule has 174 valence electrons. The van der Waals surface area contributed by atoms with Crippen LogP contribution >= 0.6 is 11.6 Å². The van der Waals surface area contributed by atoms with E-state index in [1.165, 1.54) is 12.3 Å². The molecule has 2 aromatic rings. The predicted molar refractivity (Wildman–Crippen MR) is 133 cm³/mol. The molecule has 0 aliphatic heterocycles. The van der Waals surface area contributed by atoms with Gasteiger partial charge in [0.15, 0.2) is 0 Å². The summed E-state index contributed by atoms with van der Waals surface area (Å²) in [5, 5.41) is 17.9. The first-order valence-electron chi connectivity index (χ1n) is 10.3. The summed E-state index contributed by atoms with van der Waals surface area (Å²) in [6, 6.07) is 7.13. The standard InChI is InChI=1S/C23H23ClFN5O.C2H6/c1-6-20(25)10-22(15(3)29-27-7-2)17(5)31-14-19-13-28-30(16(19)4)21-9-8-18(12-26)23(24)11-21;1-2/h6-11,13,27H,1-2,14H2,3-5H3;1-2H3/b20-10+,22-17-,29-15+;. The minimum Gasteiger partial charge on any atom is -0.493 e. The largest absolute Gasteiger partial charge is 0.493 e. The van der Waals surface area contributed by atoms with Gasteiger partial charge >= 0.3 is 0 Å². The van der Waals surface area contributed by atoms with Crippen LogP contribution < -0.4 is 5.43 Å². The van der Waals surface area contributed by atoms with E-state index in [2.05, 4.69) is 28.8 Å². The fraction of sp³-hybridized carbons (Fsp3) is 0.240. The summed E-state index contributed by atoms with van der Waals surface area (Å²) < 4.78 is 21.5. The van der Waals surface area contributed by atoms with Gasteiger partial charge in [0.2, 0.25) is 0 Å². The zero-order valence-electron chi connectivity index (χ0n) is 19.6. The van der Waals surface area contributed by atoms with Crippen molar-refractivity contribution in [3.8, 4) is 11.8 Å². The summed E-state index contributed by atoms with van der Waals surface area (Å²) in [6.45, 7) is 16.5. The first-order valence-corrected chi connectivity index (χ1v) is 10.7. The summed E-state index contributed by atoms with van der Waals surface area (Å²) in [5.41, 5.74) is 6.45. The van der Waals surface area contributed by atoms with E-state index in [0.29, 0.717) is 27.6 Å². The Kier molecular flexibility index (Phi) is 11.4. The Balaban J connectivity index is 0.00000265. The minimum absolute atomic E-state index is 0.219. The highest BCUT2D eigenvalue weighted by Gasteiger charge is 2.12. The second-order valence-corrected chi connectivity index (χ2v) is 6.87. The van der Waals surface area contributed by atoms with E-state index in [-0.39, 0.29) is 6.61 Å². The lowest BCUT2D eigenvalue weighted by molar-refractivity contribution is 0.199. The number of nitriles is 1. The number of aromatic nitrogens is 2. The Hall–Kier alpha value is -3.63. The molecular weight excluding hydrogens is 441 g/mol. The van der Waals surface area contributed by atoms with Gasteiger partial charge in [-0.25, -0.2) is 9.07 Å². The number of hydrogen-bond acceptors (Lipinski definition) is 5. The van der Waals surface area contributed by atoms with Crippen LogP contribution in [0.15, 0.2) is 78.2 Å². The molecule has 0 fully saturated rings. The first kappa shape index (κ1) is 27.4. The van der Waals surface area contributed by atoms with Gasteiger partial charge in [0.05, 0.1) is 28.2 Å². The maximum atomic E-state index is 13.8. The van der Waals surface area contributed by atoms with Gasteiger partial charge in [0.1, 0.15) is 24.3 Å². The number of ether oxygens (including phenoxy) is 1. The minimum atomic E-state index is -0.507. The molecule has 0 saturated heterocycles. The Morgan fingerprint density at radius 2 is 2.06 bits per heavy atom. The Morgan fingerprint density at radius 1 is 1.36 bits per heavy atom. The molecule has 33 heavy (non-hydrogen) atoms. The fourth-order valence-corrected chi connectivity index (χ4v) is 2.91. The molecule has 2 rings (SSSR count). The van der Waals surface area contributed by atoms with Gasteiger partial charge in [0, 0.05) is 23.0 Å². The number of hydrazone groups is 1. The predicted octanol–water partition coefficient (Wildman–Crippen LogP) is 6.67. The molecule has 6 nitrogen and oxygen atoms in total. The van der Waals surface area contributed by atoms with Crippen molar-refractivity contribution in [2.24, 2.45) is 5.10 Å². The highest BCUT2D eigenvalue weighted by atomic mass is 35.5. The summed E-state index contributed by atoms with van der Waals surface area (Å²) >= 11 is 6.14. The normalized spacial score (nSPS) is 12.1. The molecule has 0 aliphatic rings. The lowest BCUT2D eigenvalue weighted by Crippen LogP contribution is -2.07. The number of nitrogens with one attached hydrogen (secondary N) is 1. The van der Waals surface area contributed by atoms with Crippen molar-refractivity contribution >= 4 is 17.3 Å². The van der Waals surface area contributed by atoms with E-state index in [9.17, 15) is 4.39 Å². The van der Waals surface area contributed by atoms with Gasteiger partial charge in [-0.2, -0.15) is 15.5 Å². The smallest absolute Gasteiger partial charge is 0.123 e. The van der Waals surface area contributed by atoms with Crippen molar-refractivity contribution in [2.45, 2.75) is 41.2 Å². The number of allylic oxidation sites excluding steroid dienone is 5. The highest BCUT2D eigenvalue weighted by molar-refractivity contribution is 6.31. The molecule has 0 spiro atoms. The quantitative estimate of drug-likeness (QED) is 0.192. The average molecular weight is 470 g/mol. The molecule has 1 heterocycles. The SMILES string of the molecule is C=CN/N=C(C)/C(/C=C(/F)C=C)=C(/C)OCc1cnn(-c2ccc(C#N)c(Cl)c2)c1C.CC. The summed E-state index contributed by atoms with van der Waals surface area (Å²) in [4.78, 5) is 0. The molecule has 0 unspecified atom stereocenters. The molecule has 0 amide bonds. The van der Waals surface area contributed by atoms with Gasteiger partial charge in [-0.15, -0.1) is 0 Å². The van der Waals surface area contributed by atoms with Gasteiger partial charge in [0.25, 0.3) is 0 Å². The lowest BCUT2D eigenvalue weighted by atomic mass is 10.1. The third-order valence-electron chi connectivity index (χ3n) is 4.44. The Bertz CT molecular complexity index is 1120. The van der Waals surface area contributed by atoms with Crippen LogP contribution in [0.1, 0.15) is 44.5 Å². The Labute approximate surface area is 200 Å². The van der Waals surface area contributed by atoms with E-state index in [1.54, 1.807) is 42.9 Å². The van der Waals surface area contributed by atoms with Crippen LogP contribution in [-0.4, -0.2) is 15.5 Å². The van der Waals surface area contributed by atoms with Crippen LogP contribution in [0.3, 0.4) is 0 Å². The molecule has 1 aromatic carbocycles. The zero-order valence-corrected chi connectivity index (χ0v) is 20.4. The first-order chi connectivity index (χ1) is 15.8. The molecule has 0 aliphatic carbocycles. The lowest BCUT2D eigenvalue weighted by Gasteiger charge is -2.12. The van der Waals surface area contributed by atoms with Crippen LogP contribution in [0.25, 0.3) is 5.69 Å². The summed E-state index contributed by atoms with van der Waals surface area (Å²) in [6.07, 6.45) is 5.52. The van der Waals surface area contributed by atoms with E-state index in [0.717, 1.165) is 23.0 Å². The third-order valence-corrected chi connectivity index (χ3v) is 4.76. The van der Waals surface area contributed by atoms with Gasteiger partial charge in [-0.1, -0.05) is 38.6 Å². The molecule has 8 heteroatoms. The molecular formula is C25H29ClFN5O. The van der Waals surface area contributed by atoms with Gasteiger partial charge in [-0.3, -0.25) is 5.43 Å². The van der Waals surface area contributed by atoms with Crippen molar-refractivity contribution in [3.63, 3.8) is 0 Å². The van der Waals surface area contributed by atoms with Crippen molar-refractivity contribution in [1.82, 2.24) is 15.2 Å². The maximum absolute atomic E-state index is 13.8. The van der Waals surface area contributed by atoms with Crippen molar-refractivity contribution in [3.05, 3.63) is 94.9 Å². The topological polar surface area (TPSA) is 75.2 Å². The fourth-order valence-electron chi connectivity index (χ4n) is 2.70. The van der Waals surface area contributed by atoms with Gasteiger partial charge in [-0.05, 0) is 51.1 Å². The van der Waals surface area contributed by atoms with E-state index in [1.807, 2.05) is 26.8 Å². The van der Waals surface area contributed by atoms with E-state index in [4.69, 9.17) is 21.6 Å². The number of benzene rings is 1. The van der Waals surface area contributed by atoms with Crippen molar-refractivity contribution in [1.29, 1.82) is 5.26 Å². The average Bonchev–Trinajstić information content (AvgIpc) is 3.20. The number of hydrogen-bond donors (Lipinski definition) is 1. The molecule has 0 bridgehead atoms. The van der Waals surface area contributed by atoms with Crippen LogP contribution in [0.4, 0.5) is 4.39 Å². The molecule has 1 N–H and O–H groups in total. The monoisotopic (exact) mass is 469 g/mol. The number of halogens is 2. The van der Waals surface area contributed by atoms with Crippen molar-refractivity contribution < 1.29 is 9.13 Å². The number of rotatable bonds is 9. The summed E-state index contributed by atoms with van der Waals surface area (Å²) in [5.74, 6) is -0.0227. The second kappa shape index (κ2) is 13.7. The van der Waals surface area contributed by atoms with Crippen LogP contribution in [0.5, 0.6) is 0 Å². The van der Waals surface area contributed by atoms with Crippen LogP contribution in [0, 0.1) is 18.3 Å². The molecule has 1 aromatic heterocycles. The third kappa shape index (κ3) is 7.48. The highest BCUT2D eigenvalue weighted by Crippen LogP contribution is 2.22. The number of nitrogens with zero attached hydrogens (tertiary/aromatic N) is 4. The van der Waals surface area contributed by atoms with Crippen LogP contribution in [0.2, 0.25) is 5.02 Å². The Morgan fingerprint density at radius 3 is 2.64 bits per heavy atom. The molecule has 0 saturated carbocycles. The molecule has 0 atom stereocenters. The van der Waals surface area contributed by atoms with Gasteiger partial charge < -0.3 is 4.74 Å². The second-order valence-electron chi connectivity index (χ2n) is 6.47. The zero-order chi connectivity index (χ0) is 25.0.